The van der Waals surface area contributed by atoms with Crippen LogP contribution in [0.5, 0.6) is 11.5 Å². The smallest absolute Gasteiger partial charge is 0.265 e. The van der Waals surface area contributed by atoms with Gasteiger partial charge in [0.1, 0.15) is 11.5 Å². The molecule has 0 aliphatic rings. The Hall–Kier alpha value is -3.14. The molecule has 0 aromatic heterocycles. The van der Waals surface area contributed by atoms with E-state index in [1.54, 1.807) is 73.7 Å². The van der Waals surface area contributed by atoms with Gasteiger partial charge in [-0.05, 0) is 102 Å². The van der Waals surface area contributed by atoms with Gasteiger partial charge >= 0.3 is 0 Å². The number of halogens is 2. The first-order valence-corrected chi connectivity index (χ1v) is 13.6. The highest BCUT2D eigenvalue weighted by Gasteiger charge is 2.16. The average molecular weight is 619 g/mol. The zero-order valence-corrected chi connectivity index (χ0v) is 24.4. The van der Waals surface area contributed by atoms with E-state index in [9.17, 15) is 9.59 Å². The van der Waals surface area contributed by atoms with Crippen LogP contribution in [0.4, 0.5) is 11.4 Å². The fraction of sp³-hybridized carbons (Fsp3) is 0.250. The molecule has 10 heteroatoms. The van der Waals surface area contributed by atoms with Gasteiger partial charge in [-0.1, -0.05) is 37.6 Å². The highest BCUT2D eigenvalue weighted by Crippen LogP contribution is 2.27. The summed E-state index contributed by atoms with van der Waals surface area (Å²) in [5, 5.41) is 8.99. The van der Waals surface area contributed by atoms with E-state index in [4.69, 9.17) is 33.3 Å². The molecular formula is C28H29BrClN3O4S. The monoisotopic (exact) mass is 617 g/mol. The van der Waals surface area contributed by atoms with E-state index in [1.807, 2.05) is 0 Å². The molecule has 0 radical (unpaired) electrons. The highest BCUT2D eigenvalue weighted by molar-refractivity contribution is 9.10. The molecule has 1 atom stereocenters. The Bertz CT molecular complexity index is 1290. The molecule has 1 unspecified atom stereocenters. The minimum absolute atomic E-state index is 0.141. The Kier molecular flexibility index (Phi) is 10.9. The summed E-state index contributed by atoms with van der Waals surface area (Å²) in [6.45, 7) is 6.52. The third-order valence-corrected chi connectivity index (χ3v) is 6.43. The first-order chi connectivity index (χ1) is 18.1. The summed E-state index contributed by atoms with van der Waals surface area (Å²) in [5.74, 6) is 0.986. The predicted molar refractivity (Wildman–Crippen MR) is 159 cm³/mol. The maximum atomic E-state index is 12.6. The van der Waals surface area contributed by atoms with Crippen molar-refractivity contribution in [2.24, 2.45) is 5.92 Å². The van der Waals surface area contributed by atoms with Gasteiger partial charge in [0.05, 0.1) is 16.1 Å². The molecule has 200 valence electrons. The largest absolute Gasteiger partial charge is 0.492 e. The van der Waals surface area contributed by atoms with Gasteiger partial charge in [-0.25, -0.2) is 0 Å². The molecule has 38 heavy (non-hydrogen) atoms. The number of hydrogen-bond acceptors (Lipinski definition) is 5. The minimum atomic E-state index is -0.754. The number of carbonyl (C=O) groups excluding carboxylic acids is 2. The lowest BCUT2D eigenvalue weighted by molar-refractivity contribution is -0.122. The van der Waals surface area contributed by atoms with Crippen LogP contribution in [0.15, 0.2) is 71.2 Å². The molecule has 0 saturated heterocycles. The van der Waals surface area contributed by atoms with Crippen molar-refractivity contribution in [3.8, 4) is 11.5 Å². The van der Waals surface area contributed by atoms with Crippen molar-refractivity contribution in [1.82, 2.24) is 5.32 Å². The zero-order valence-electron chi connectivity index (χ0n) is 21.2. The lowest BCUT2D eigenvalue weighted by Gasteiger charge is -2.16. The fourth-order valence-electron chi connectivity index (χ4n) is 3.17. The molecule has 3 N–H and O–H groups in total. The predicted octanol–water partition coefficient (Wildman–Crippen LogP) is 7.06. The van der Waals surface area contributed by atoms with Crippen LogP contribution >= 0.6 is 39.7 Å². The van der Waals surface area contributed by atoms with Gasteiger partial charge in [0.2, 0.25) is 0 Å². The number of carbonyl (C=O) groups is 2. The van der Waals surface area contributed by atoms with Crippen LogP contribution in [-0.2, 0) is 4.79 Å². The van der Waals surface area contributed by atoms with E-state index < -0.39 is 6.10 Å². The molecule has 0 spiro atoms. The number of hydrogen-bond donors (Lipinski definition) is 3. The maximum Gasteiger partial charge on any atom is 0.265 e. The Morgan fingerprint density at radius 3 is 2.24 bits per heavy atom. The molecule has 0 fully saturated rings. The molecule has 3 aromatic rings. The highest BCUT2D eigenvalue weighted by atomic mass is 79.9. The Balaban J connectivity index is 1.49. The van der Waals surface area contributed by atoms with Crippen LogP contribution in [0.3, 0.4) is 0 Å². The van der Waals surface area contributed by atoms with Crippen molar-refractivity contribution in [3.63, 3.8) is 0 Å². The average Bonchev–Trinajstić information content (AvgIpc) is 2.87. The first-order valence-electron chi connectivity index (χ1n) is 12.0. The Labute approximate surface area is 241 Å². The van der Waals surface area contributed by atoms with E-state index in [-0.39, 0.29) is 16.9 Å². The second kappa shape index (κ2) is 14.1. The quantitative estimate of drug-likeness (QED) is 0.211. The van der Waals surface area contributed by atoms with Gasteiger partial charge in [-0.3, -0.25) is 14.9 Å². The van der Waals surface area contributed by atoms with E-state index in [1.165, 1.54) is 0 Å². The first kappa shape index (κ1) is 29.4. The summed E-state index contributed by atoms with van der Waals surface area (Å²) in [6.07, 6.45) is 0.190. The number of anilines is 2. The van der Waals surface area contributed by atoms with E-state index in [2.05, 4.69) is 45.7 Å². The van der Waals surface area contributed by atoms with Crippen molar-refractivity contribution in [1.29, 1.82) is 0 Å². The van der Waals surface area contributed by atoms with Crippen LogP contribution in [0.25, 0.3) is 0 Å². The van der Waals surface area contributed by atoms with E-state index >= 15 is 0 Å². The molecule has 0 saturated carbocycles. The van der Waals surface area contributed by atoms with Crippen molar-refractivity contribution < 1.29 is 19.1 Å². The molecule has 0 bridgehead atoms. The number of nitrogens with one attached hydrogen (secondary N) is 3. The molecule has 0 heterocycles. The normalized spacial score (nSPS) is 11.4. The number of thiocarbonyl (C=S) groups is 1. The van der Waals surface area contributed by atoms with Crippen molar-refractivity contribution in [2.45, 2.75) is 33.3 Å². The zero-order chi connectivity index (χ0) is 27.7. The van der Waals surface area contributed by atoms with Gasteiger partial charge in [-0.2, -0.15) is 0 Å². The second-order valence-corrected chi connectivity index (χ2v) is 10.5. The third-order valence-electron chi connectivity index (χ3n) is 5.29. The molecule has 2 amide bonds. The van der Waals surface area contributed by atoms with Crippen LogP contribution < -0.4 is 25.4 Å². The summed E-state index contributed by atoms with van der Waals surface area (Å²) in [6, 6.07) is 19.0. The van der Waals surface area contributed by atoms with E-state index in [0.717, 1.165) is 6.42 Å². The summed E-state index contributed by atoms with van der Waals surface area (Å²) < 4.78 is 12.1. The topological polar surface area (TPSA) is 88.7 Å². The van der Waals surface area contributed by atoms with Gasteiger partial charge < -0.3 is 20.1 Å². The molecule has 7 nitrogen and oxygen atoms in total. The lowest BCUT2D eigenvalue weighted by atomic mass is 10.1. The van der Waals surface area contributed by atoms with Gasteiger partial charge in [0, 0.05) is 16.9 Å². The number of para-hydroxylation sites is 1. The van der Waals surface area contributed by atoms with E-state index in [0.29, 0.717) is 50.5 Å². The Morgan fingerprint density at radius 2 is 1.61 bits per heavy atom. The van der Waals surface area contributed by atoms with Crippen LogP contribution in [0.1, 0.15) is 37.6 Å². The maximum absolute atomic E-state index is 12.6. The summed E-state index contributed by atoms with van der Waals surface area (Å²) >= 11 is 14.8. The molecule has 0 aliphatic heterocycles. The van der Waals surface area contributed by atoms with Crippen LogP contribution in [-0.4, -0.2) is 29.6 Å². The number of benzene rings is 3. The molecule has 3 aromatic carbocycles. The fourth-order valence-corrected chi connectivity index (χ4v) is 4.05. The third kappa shape index (κ3) is 9.01. The summed E-state index contributed by atoms with van der Waals surface area (Å²) in [5.41, 5.74) is 1.65. The lowest BCUT2D eigenvalue weighted by Crippen LogP contribution is -2.34. The number of ether oxygens (including phenoxy) is 2. The van der Waals surface area contributed by atoms with Gasteiger partial charge in [0.25, 0.3) is 11.8 Å². The van der Waals surface area contributed by atoms with Gasteiger partial charge in [-0.15, -0.1) is 0 Å². The second-order valence-electron chi connectivity index (χ2n) is 8.84. The number of amides is 2. The molecule has 3 rings (SSSR count). The number of rotatable bonds is 10. The molecule has 0 aliphatic carbocycles. The summed E-state index contributed by atoms with van der Waals surface area (Å²) in [4.78, 5) is 25.1. The van der Waals surface area contributed by atoms with Crippen LogP contribution in [0, 0.1) is 5.92 Å². The van der Waals surface area contributed by atoms with Crippen LogP contribution in [0.2, 0.25) is 5.02 Å². The SMILES string of the molecule is CC(C)CCOc1ccc(C(=O)NC(=S)Nc2ccc(NC(=O)C(C)Oc3ccccc3Cl)cc2)cc1Br. The van der Waals surface area contributed by atoms with Crippen molar-refractivity contribution in [3.05, 3.63) is 81.8 Å². The molecular weight excluding hydrogens is 590 g/mol. The standard InChI is InChI=1S/C28H29BrClN3O4S/c1-17(2)14-15-36-24-13-8-19(16-22(24)29)27(35)33-28(38)32-21-11-9-20(10-12-21)31-26(34)18(3)37-25-7-5-4-6-23(25)30/h4-13,16-18H,14-15H2,1-3H3,(H,31,34)(H2,32,33,35,38). The minimum Gasteiger partial charge on any atom is -0.492 e. The Morgan fingerprint density at radius 1 is 0.947 bits per heavy atom. The van der Waals surface area contributed by atoms with Gasteiger partial charge in [0.15, 0.2) is 11.2 Å². The van der Waals surface area contributed by atoms with Crippen molar-refractivity contribution in [2.75, 3.05) is 17.2 Å². The summed E-state index contributed by atoms with van der Waals surface area (Å²) in [7, 11) is 0. The van der Waals surface area contributed by atoms with Crippen molar-refractivity contribution >= 4 is 68.1 Å².